The summed E-state index contributed by atoms with van der Waals surface area (Å²) in [6.07, 6.45) is 2.28. The van der Waals surface area contributed by atoms with Crippen LogP contribution in [0.5, 0.6) is 0 Å². The second kappa shape index (κ2) is 2.12. The SMILES string of the molecule is C=CC(C)(O)CC. The Labute approximate surface area is 44.7 Å². The lowest BCUT2D eigenvalue weighted by molar-refractivity contribution is 0.108. The smallest absolute Gasteiger partial charge is 0.0794 e. The number of aliphatic hydroxyl groups is 1. The maximum atomic E-state index is 9.01. The van der Waals surface area contributed by atoms with Crippen LogP contribution < -0.4 is 0 Å². The van der Waals surface area contributed by atoms with Gasteiger partial charge in [0.25, 0.3) is 0 Å². The molecule has 0 aromatic rings. The average Bonchev–Trinajstić information content (AvgIpc) is 1.68. The fraction of sp³-hybridized carbons (Fsp3) is 0.667. The highest BCUT2D eigenvalue weighted by molar-refractivity contribution is 4.89. The number of hydrogen-bond acceptors (Lipinski definition) is 1. The molecule has 42 valence electrons. The molecule has 7 heavy (non-hydrogen) atoms. The van der Waals surface area contributed by atoms with Gasteiger partial charge in [0, 0.05) is 0 Å². The van der Waals surface area contributed by atoms with Crippen LogP contribution in [0.15, 0.2) is 12.7 Å². The zero-order chi connectivity index (χ0) is 5.91. The molecule has 1 atom stereocenters. The predicted molar refractivity (Wildman–Crippen MR) is 31.1 cm³/mol. The van der Waals surface area contributed by atoms with Crippen molar-refractivity contribution in [2.24, 2.45) is 0 Å². The fourth-order valence-corrected chi connectivity index (χ4v) is 0.144. The van der Waals surface area contributed by atoms with Gasteiger partial charge in [0.15, 0.2) is 0 Å². The van der Waals surface area contributed by atoms with E-state index in [9.17, 15) is 0 Å². The highest BCUT2D eigenvalue weighted by atomic mass is 16.3. The Morgan fingerprint density at radius 2 is 2.29 bits per heavy atom. The molecule has 1 N–H and O–H groups in total. The first kappa shape index (κ1) is 6.70. The summed E-state index contributed by atoms with van der Waals surface area (Å²) in [5.41, 5.74) is -0.653. The Bertz CT molecular complexity index is 64.6. The van der Waals surface area contributed by atoms with Crippen molar-refractivity contribution in [3.63, 3.8) is 0 Å². The van der Waals surface area contributed by atoms with E-state index in [0.29, 0.717) is 0 Å². The van der Waals surface area contributed by atoms with Gasteiger partial charge >= 0.3 is 0 Å². The second-order valence-corrected chi connectivity index (χ2v) is 1.91. The van der Waals surface area contributed by atoms with Gasteiger partial charge in [0.05, 0.1) is 5.60 Å². The van der Waals surface area contributed by atoms with E-state index in [-0.39, 0.29) is 0 Å². The Kier molecular flexibility index (Phi) is 2.03. The van der Waals surface area contributed by atoms with Gasteiger partial charge in [-0.15, -0.1) is 6.58 Å². The van der Waals surface area contributed by atoms with Crippen molar-refractivity contribution >= 4 is 0 Å². The van der Waals surface area contributed by atoms with Crippen LogP contribution in [0.25, 0.3) is 0 Å². The molecule has 0 amide bonds. The van der Waals surface area contributed by atoms with Crippen LogP contribution >= 0.6 is 0 Å². The van der Waals surface area contributed by atoms with Crippen LogP contribution in [-0.4, -0.2) is 10.7 Å². The third-order valence-corrected chi connectivity index (χ3v) is 1.16. The molecule has 1 unspecified atom stereocenters. The molecule has 0 heterocycles. The normalized spacial score (nSPS) is 18.1. The minimum absolute atomic E-state index is 0.653. The topological polar surface area (TPSA) is 20.2 Å². The summed E-state index contributed by atoms with van der Waals surface area (Å²) >= 11 is 0. The highest BCUT2D eigenvalue weighted by Gasteiger charge is 2.09. The summed E-state index contributed by atoms with van der Waals surface area (Å²) in [5.74, 6) is 0. The number of rotatable bonds is 2. The van der Waals surface area contributed by atoms with Gasteiger partial charge in [-0.1, -0.05) is 13.0 Å². The molecular weight excluding hydrogens is 88.1 g/mol. The van der Waals surface area contributed by atoms with Crippen LogP contribution in [-0.2, 0) is 0 Å². The summed E-state index contributed by atoms with van der Waals surface area (Å²) in [7, 11) is 0. The molecule has 0 saturated heterocycles. The molecule has 0 radical (unpaired) electrons. The third kappa shape index (κ3) is 2.40. The number of hydrogen-bond donors (Lipinski definition) is 1. The minimum atomic E-state index is -0.653. The zero-order valence-electron chi connectivity index (χ0n) is 4.94. The zero-order valence-corrected chi connectivity index (χ0v) is 4.94. The molecule has 0 rings (SSSR count). The Morgan fingerprint density at radius 3 is 2.29 bits per heavy atom. The molecular formula is C6H12O. The summed E-state index contributed by atoms with van der Waals surface area (Å²) in [6.45, 7) is 7.11. The molecule has 0 bridgehead atoms. The molecule has 0 aromatic heterocycles. The minimum Gasteiger partial charge on any atom is -0.386 e. The van der Waals surface area contributed by atoms with Crippen molar-refractivity contribution in [3.8, 4) is 0 Å². The van der Waals surface area contributed by atoms with Gasteiger partial charge in [0.2, 0.25) is 0 Å². The molecule has 1 nitrogen and oxygen atoms in total. The molecule has 0 saturated carbocycles. The van der Waals surface area contributed by atoms with Crippen molar-refractivity contribution in [2.75, 3.05) is 0 Å². The van der Waals surface area contributed by atoms with Crippen molar-refractivity contribution in [1.29, 1.82) is 0 Å². The molecule has 0 aromatic carbocycles. The van der Waals surface area contributed by atoms with E-state index < -0.39 is 5.60 Å². The van der Waals surface area contributed by atoms with E-state index in [0.717, 1.165) is 6.42 Å². The van der Waals surface area contributed by atoms with E-state index in [1.165, 1.54) is 0 Å². The van der Waals surface area contributed by atoms with E-state index in [2.05, 4.69) is 6.58 Å². The second-order valence-electron chi connectivity index (χ2n) is 1.91. The largest absolute Gasteiger partial charge is 0.386 e. The van der Waals surface area contributed by atoms with Crippen molar-refractivity contribution in [1.82, 2.24) is 0 Å². The molecule has 0 aliphatic rings. The van der Waals surface area contributed by atoms with E-state index in [1.54, 1.807) is 13.0 Å². The van der Waals surface area contributed by atoms with Crippen molar-refractivity contribution in [2.45, 2.75) is 25.9 Å². The van der Waals surface area contributed by atoms with Crippen LogP contribution in [0, 0.1) is 0 Å². The highest BCUT2D eigenvalue weighted by Crippen LogP contribution is 2.07. The summed E-state index contributed by atoms with van der Waals surface area (Å²) < 4.78 is 0. The molecule has 0 aliphatic carbocycles. The lowest BCUT2D eigenvalue weighted by Gasteiger charge is -2.13. The molecule has 0 aliphatic heterocycles. The average molecular weight is 100 g/mol. The quantitative estimate of drug-likeness (QED) is 0.519. The first-order chi connectivity index (χ1) is 3.12. The first-order valence-corrected chi connectivity index (χ1v) is 2.48. The van der Waals surface area contributed by atoms with Gasteiger partial charge < -0.3 is 5.11 Å². The van der Waals surface area contributed by atoms with Crippen molar-refractivity contribution in [3.05, 3.63) is 12.7 Å². The molecule has 0 spiro atoms. The van der Waals surface area contributed by atoms with Gasteiger partial charge in [-0.2, -0.15) is 0 Å². The lowest BCUT2D eigenvalue weighted by Crippen LogP contribution is -2.17. The Balaban J connectivity index is 3.58. The monoisotopic (exact) mass is 100 g/mol. The maximum absolute atomic E-state index is 9.01. The van der Waals surface area contributed by atoms with E-state index in [4.69, 9.17) is 5.11 Å². The standard InChI is InChI=1S/C6H12O/c1-4-6(3,7)5-2/h4,7H,1,5H2,2-3H3. The molecule has 1 heteroatoms. The Morgan fingerprint density at radius 1 is 1.86 bits per heavy atom. The summed E-state index contributed by atoms with van der Waals surface area (Å²) in [4.78, 5) is 0. The van der Waals surface area contributed by atoms with Gasteiger partial charge in [-0.25, -0.2) is 0 Å². The first-order valence-electron chi connectivity index (χ1n) is 2.48. The third-order valence-electron chi connectivity index (χ3n) is 1.16. The maximum Gasteiger partial charge on any atom is 0.0794 e. The lowest BCUT2D eigenvalue weighted by atomic mass is 10.1. The fourth-order valence-electron chi connectivity index (χ4n) is 0.144. The van der Waals surface area contributed by atoms with Gasteiger partial charge in [-0.3, -0.25) is 0 Å². The van der Waals surface area contributed by atoms with E-state index >= 15 is 0 Å². The summed E-state index contributed by atoms with van der Waals surface area (Å²) in [6, 6.07) is 0. The van der Waals surface area contributed by atoms with Gasteiger partial charge in [-0.05, 0) is 13.3 Å². The predicted octanol–water partition coefficient (Wildman–Crippen LogP) is 1.33. The van der Waals surface area contributed by atoms with E-state index in [1.807, 2.05) is 6.92 Å². The Hall–Kier alpha value is -0.300. The van der Waals surface area contributed by atoms with Crippen molar-refractivity contribution < 1.29 is 5.11 Å². The molecule has 0 fully saturated rings. The summed E-state index contributed by atoms with van der Waals surface area (Å²) in [5, 5.41) is 9.01. The van der Waals surface area contributed by atoms with Crippen LogP contribution in [0.3, 0.4) is 0 Å². The van der Waals surface area contributed by atoms with Crippen LogP contribution in [0.2, 0.25) is 0 Å². The van der Waals surface area contributed by atoms with Gasteiger partial charge in [0.1, 0.15) is 0 Å². The van der Waals surface area contributed by atoms with Crippen LogP contribution in [0.1, 0.15) is 20.3 Å². The van der Waals surface area contributed by atoms with Crippen LogP contribution in [0.4, 0.5) is 0 Å².